The Balaban J connectivity index is 1.83. The molecule has 0 fully saturated rings. The minimum Gasteiger partial charge on any atom is -0.312 e. The van der Waals surface area contributed by atoms with E-state index >= 15 is 0 Å². The van der Waals surface area contributed by atoms with E-state index in [2.05, 4.69) is 11.4 Å². The molecule has 0 aliphatic carbocycles. The van der Waals surface area contributed by atoms with Gasteiger partial charge in [-0.15, -0.1) is 11.3 Å². The molecule has 21 heavy (non-hydrogen) atoms. The van der Waals surface area contributed by atoms with Gasteiger partial charge in [0.25, 0.3) is 0 Å². The lowest BCUT2D eigenvalue weighted by Gasteiger charge is -2.15. The number of aryl methyl sites for hydroxylation is 1. The number of likely N-dealkylation sites (N-methyl/N-ethyl adjacent to an activating group) is 1. The third-order valence-electron chi connectivity index (χ3n) is 3.78. The highest BCUT2D eigenvalue weighted by molar-refractivity contribution is 7.98. The van der Waals surface area contributed by atoms with E-state index in [4.69, 9.17) is 11.6 Å². The van der Waals surface area contributed by atoms with Crippen LogP contribution in [0.1, 0.15) is 26.9 Å². The number of thioether (sulfide) groups is 1. The quantitative estimate of drug-likeness (QED) is 0.854. The van der Waals surface area contributed by atoms with Crippen molar-refractivity contribution in [3.8, 4) is 0 Å². The molecule has 0 radical (unpaired) electrons. The smallest absolute Gasteiger partial charge is 0.127 e. The van der Waals surface area contributed by atoms with E-state index in [9.17, 15) is 4.39 Å². The summed E-state index contributed by atoms with van der Waals surface area (Å²) < 4.78 is 14.0. The number of benzene rings is 1. The van der Waals surface area contributed by atoms with Gasteiger partial charge in [0.15, 0.2) is 0 Å². The average Bonchev–Trinajstić information content (AvgIpc) is 2.90. The summed E-state index contributed by atoms with van der Waals surface area (Å²) in [6, 6.07) is 7.37. The summed E-state index contributed by atoms with van der Waals surface area (Å²) in [4.78, 5) is 2.81. The Morgan fingerprint density at radius 1 is 1.38 bits per heavy atom. The second-order valence-electron chi connectivity index (χ2n) is 5.18. The molecule has 2 heterocycles. The van der Waals surface area contributed by atoms with Crippen molar-refractivity contribution >= 4 is 34.7 Å². The van der Waals surface area contributed by atoms with Crippen molar-refractivity contribution in [2.45, 2.75) is 24.6 Å². The van der Waals surface area contributed by atoms with Crippen molar-refractivity contribution in [2.75, 3.05) is 12.8 Å². The predicted octanol–water partition coefficient (Wildman–Crippen LogP) is 4.83. The number of rotatable bonds is 4. The number of thiophene rings is 1. The highest BCUT2D eigenvalue weighted by Crippen LogP contribution is 2.35. The largest absolute Gasteiger partial charge is 0.312 e. The molecule has 1 aliphatic rings. The van der Waals surface area contributed by atoms with Crippen LogP contribution in [0.15, 0.2) is 24.3 Å². The van der Waals surface area contributed by atoms with E-state index in [0.717, 1.165) is 12.2 Å². The van der Waals surface area contributed by atoms with Gasteiger partial charge >= 0.3 is 0 Å². The summed E-state index contributed by atoms with van der Waals surface area (Å²) >= 11 is 9.68. The fourth-order valence-corrected chi connectivity index (χ4v) is 5.24. The van der Waals surface area contributed by atoms with Crippen LogP contribution in [0, 0.1) is 5.82 Å². The highest BCUT2D eigenvalue weighted by atomic mass is 35.5. The van der Waals surface area contributed by atoms with Gasteiger partial charge in [-0.3, -0.25) is 0 Å². The Hall–Kier alpha value is -0.550. The molecule has 1 N–H and O–H groups in total. The second kappa shape index (κ2) is 6.69. The minimum atomic E-state index is -0.223. The van der Waals surface area contributed by atoms with Gasteiger partial charge in [0.1, 0.15) is 5.82 Å². The van der Waals surface area contributed by atoms with Crippen LogP contribution in [0.4, 0.5) is 4.39 Å². The monoisotopic (exact) mass is 341 g/mol. The van der Waals surface area contributed by atoms with Gasteiger partial charge in [-0.05, 0) is 55.0 Å². The van der Waals surface area contributed by atoms with Crippen LogP contribution < -0.4 is 5.32 Å². The molecule has 5 heteroatoms. The molecule has 1 aromatic carbocycles. The lowest BCUT2D eigenvalue weighted by atomic mass is 10.0. The van der Waals surface area contributed by atoms with Crippen molar-refractivity contribution in [1.82, 2.24) is 5.32 Å². The average molecular weight is 342 g/mol. The molecule has 0 amide bonds. The Kier molecular flexibility index (Phi) is 4.89. The summed E-state index contributed by atoms with van der Waals surface area (Å²) in [6.45, 7) is 0. The van der Waals surface area contributed by atoms with E-state index in [0.29, 0.717) is 17.0 Å². The molecule has 0 saturated carbocycles. The summed E-state index contributed by atoms with van der Waals surface area (Å²) in [7, 11) is 1.94. The van der Waals surface area contributed by atoms with Gasteiger partial charge in [-0.25, -0.2) is 4.39 Å². The van der Waals surface area contributed by atoms with E-state index in [1.807, 2.05) is 30.1 Å². The molecule has 1 nitrogen and oxygen atoms in total. The van der Waals surface area contributed by atoms with Gasteiger partial charge in [-0.2, -0.15) is 11.8 Å². The number of halogens is 2. The first-order chi connectivity index (χ1) is 10.2. The van der Waals surface area contributed by atoms with Crippen LogP contribution in [0.2, 0.25) is 5.02 Å². The predicted molar refractivity (Wildman–Crippen MR) is 91.1 cm³/mol. The molecular formula is C16H17ClFNS2. The second-order valence-corrected chi connectivity index (χ2v) is 7.89. The number of hydrogen-bond acceptors (Lipinski definition) is 3. The number of hydrogen-bond donors (Lipinski definition) is 1. The molecule has 0 bridgehead atoms. The summed E-state index contributed by atoms with van der Waals surface area (Å²) in [5, 5.41) is 3.77. The van der Waals surface area contributed by atoms with Crippen molar-refractivity contribution in [2.24, 2.45) is 0 Å². The topological polar surface area (TPSA) is 12.0 Å². The maximum atomic E-state index is 14.0. The fraction of sp³-hybridized carbons (Fsp3) is 0.375. The SMILES string of the molecule is CNC(Cc1ccc(Cl)cc1F)c1cc2c(s1)CCSC2. The van der Waals surface area contributed by atoms with Crippen molar-refractivity contribution in [3.63, 3.8) is 0 Å². The molecule has 1 unspecified atom stereocenters. The van der Waals surface area contributed by atoms with Crippen LogP contribution in [0.3, 0.4) is 0 Å². The van der Waals surface area contributed by atoms with Gasteiger partial charge in [0.05, 0.1) is 0 Å². The first kappa shape index (κ1) is 15.3. The van der Waals surface area contributed by atoms with Gasteiger partial charge in [-0.1, -0.05) is 17.7 Å². The third kappa shape index (κ3) is 3.45. The maximum Gasteiger partial charge on any atom is 0.127 e. The summed E-state index contributed by atoms with van der Waals surface area (Å²) in [5.41, 5.74) is 2.17. The van der Waals surface area contributed by atoms with Crippen LogP contribution >= 0.6 is 34.7 Å². The lowest BCUT2D eigenvalue weighted by molar-refractivity contribution is 0.560. The Labute approximate surface area is 137 Å². The molecule has 0 spiro atoms. The zero-order chi connectivity index (χ0) is 14.8. The number of fused-ring (bicyclic) bond motifs is 1. The van der Waals surface area contributed by atoms with E-state index in [1.54, 1.807) is 12.1 Å². The number of nitrogens with one attached hydrogen (secondary N) is 1. The maximum absolute atomic E-state index is 14.0. The van der Waals surface area contributed by atoms with Gasteiger partial charge in [0, 0.05) is 26.6 Å². The molecule has 1 aromatic heterocycles. The fourth-order valence-electron chi connectivity index (χ4n) is 2.59. The van der Waals surface area contributed by atoms with Gasteiger partial charge in [0.2, 0.25) is 0 Å². The third-order valence-corrected chi connectivity index (χ3v) is 6.37. The highest BCUT2D eigenvalue weighted by Gasteiger charge is 2.19. The standard InChI is InChI=1S/C16H17ClFNS2/c1-19-14(6-10-2-3-12(17)8-13(10)18)16-7-11-9-20-5-4-15(11)21-16/h2-3,7-8,14,19H,4-6,9H2,1H3. The van der Waals surface area contributed by atoms with Crippen LogP contribution in [0.25, 0.3) is 0 Å². The molecule has 1 aliphatic heterocycles. The molecule has 0 saturated heterocycles. The Bertz CT molecular complexity index is 618. The van der Waals surface area contributed by atoms with Crippen LogP contribution in [-0.2, 0) is 18.6 Å². The molecular weight excluding hydrogens is 325 g/mol. The normalized spacial score (nSPS) is 15.8. The molecule has 112 valence electrons. The lowest BCUT2D eigenvalue weighted by Crippen LogP contribution is -2.18. The minimum absolute atomic E-state index is 0.154. The molecule has 2 aromatic rings. The summed E-state index contributed by atoms with van der Waals surface area (Å²) in [5.74, 6) is 2.10. The molecule has 1 atom stereocenters. The Morgan fingerprint density at radius 3 is 2.95 bits per heavy atom. The van der Waals surface area contributed by atoms with Crippen molar-refractivity contribution in [1.29, 1.82) is 0 Å². The van der Waals surface area contributed by atoms with E-state index < -0.39 is 0 Å². The van der Waals surface area contributed by atoms with Gasteiger partial charge < -0.3 is 5.32 Å². The van der Waals surface area contributed by atoms with E-state index in [-0.39, 0.29) is 11.9 Å². The first-order valence-corrected chi connectivity index (χ1v) is 9.32. The zero-order valence-electron chi connectivity index (χ0n) is 11.8. The molecule has 3 rings (SSSR count). The van der Waals surface area contributed by atoms with Crippen LogP contribution in [-0.4, -0.2) is 12.8 Å². The van der Waals surface area contributed by atoms with Crippen molar-refractivity contribution in [3.05, 3.63) is 56.0 Å². The summed E-state index contributed by atoms with van der Waals surface area (Å²) in [6.07, 6.45) is 1.81. The van der Waals surface area contributed by atoms with E-state index in [1.165, 1.54) is 27.1 Å². The zero-order valence-corrected chi connectivity index (χ0v) is 14.2. The first-order valence-electron chi connectivity index (χ1n) is 6.98. The van der Waals surface area contributed by atoms with Crippen molar-refractivity contribution < 1.29 is 4.39 Å². The van der Waals surface area contributed by atoms with Crippen LogP contribution in [0.5, 0.6) is 0 Å². The Morgan fingerprint density at radius 2 is 2.24 bits per heavy atom.